The summed E-state index contributed by atoms with van der Waals surface area (Å²) in [7, 11) is -2.68. The normalized spacial score (nSPS) is 28.5. The molecule has 4 heterocycles. The van der Waals surface area contributed by atoms with Crippen LogP contribution in [-0.4, -0.2) is 43.0 Å². The number of rotatable bonds is 3. The number of aliphatic imine (C=N–C) groups is 1. The van der Waals surface area contributed by atoms with Crippen LogP contribution in [0.2, 0.25) is 5.02 Å². The first-order valence-electron chi connectivity index (χ1n) is 10.6. The SMILES string of the molecule is C[C@@]1(c2nc(NC(=O)c3ncc(C#N)cc3Cl)ccc2F)CC[S@]2(=O)=NCCC[C@]2(C)C(N)=N1. The molecular formula is C22H23ClFN7O2S. The monoisotopic (exact) mass is 503 g/mol. The van der Waals surface area contributed by atoms with Crippen molar-refractivity contribution in [1.29, 1.82) is 5.26 Å². The summed E-state index contributed by atoms with van der Waals surface area (Å²) in [6.07, 6.45) is 2.78. The largest absolute Gasteiger partial charge is 0.386 e. The van der Waals surface area contributed by atoms with E-state index in [0.717, 1.165) is 6.42 Å². The number of hydrogen-bond donors (Lipinski definition) is 2. The highest BCUT2D eigenvalue weighted by Crippen LogP contribution is 2.40. The number of carbonyl (C=O) groups is 1. The van der Waals surface area contributed by atoms with Crippen LogP contribution in [0.4, 0.5) is 10.2 Å². The summed E-state index contributed by atoms with van der Waals surface area (Å²) in [5, 5.41) is 11.5. The molecule has 0 aromatic carbocycles. The fraction of sp³-hybridized carbons (Fsp3) is 0.409. The maximum atomic E-state index is 15.0. The van der Waals surface area contributed by atoms with Gasteiger partial charge in [0.15, 0.2) is 0 Å². The fourth-order valence-corrected chi connectivity index (χ4v) is 7.24. The van der Waals surface area contributed by atoms with Gasteiger partial charge in [0.05, 0.1) is 20.3 Å². The Balaban J connectivity index is 1.69. The number of nitrogens with zero attached hydrogens (tertiary/aromatic N) is 5. The van der Waals surface area contributed by atoms with Crippen LogP contribution in [0.15, 0.2) is 33.8 Å². The van der Waals surface area contributed by atoms with Crippen LogP contribution in [-0.2, 0) is 15.3 Å². The zero-order valence-corrected chi connectivity index (χ0v) is 20.2. The van der Waals surface area contributed by atoms with Gasteiger partial charge in [0.1, 0.15) is 45.2 Å². The van der Waals surface area contributed by atoms with Crippen molar-refractivity contribution in [2.24, 2.45) is 15.1 Å². The molecule has 34 heavy (non-hydrogen) atoms. The molecule has 12 heteroatoms. The number of nitrogens with two attached hydrogens (primary N) is 1. The summed E-state index contributed by atoms with van der Waals surface area (Å²) in [4.78, 5) is 25.5. The molecule has 2 aliphatic heterocycles. The molecule has 4 rings (SSSR count). The summed E-state index contributed by atoms with van der Waals surface area (Å²) in [5.41, 5.74) is 5.22. The van der Waals surface area contributed by atoms with E-state index in [9.17, 15) is 13.4 Å². The lowest BCUT2D eigenvalue weighted by Gasteiger charge is -2.33. The van der Waals surface area contributed by atoms with Gasteiger partial charge in [-0.3, -0.25) is 9.79 Å². The van der Waals surface area contributed by atoms with Crippen molar-refractivity contribution in [2.45, 2.75) is 43.4 Å². The quantitative estimate of drug-likeness (QED) is 0.656. The predicted octanol–water partition coefficient (Wildman–Crippen LogP) is 3.39. The van der Waals surface area contributed by atoms with E-state index in [2.05, 4.69) is 24.6 Å². The molecule has 0 fully saturated rings. The minimum atomic E-state index is -2.68. The Kier molecular flexibility index (Phi) is 6.08. The van der Waals surface area contributed by atoms with Crippen LogP contribution >= 0.6 is 11.6 Å². The van der Waals surface area contributed by atoms with E-state index in [0.29, 0.717) is 13.0 Å². The van der Waals surface area contributed by atoms with Gasteiger partial charge in [-0.1, -0.05) is 11.6 Å². The molecule has 3 N–H and O–H groups in total. The molecule has 1 amide bonds. The standard InChI is InChI=1S/C22H23ClFN7O2S/c1-21(7-9-34(33)22(2,20(26)31-21)6-3-8-28-34)18-15(24)4-5-16(29-18)30-19(32)17-14(23)10-13(11-25)12-27-17/h4-5,10,12H,3,6-9H2,1-2H3,(H2,26,31)(H,29,30,32)/t21-,22+,34+/m0/s1. The zero-order valence-electron chi connectivity index (χ0n) is 18.6. The van der Waals surface area contributed by atoms with Crippen molar-refractivity contribution in [1.82, 2.24) is 9.97 Å². The number of nitrogens with one attached hydrogen (secondary N) is 1. The molecule has 2 aromatic heterocycles. The van der Waals surface area contributed by atoms with Gasteiger partial charge in [-0.05, 0) is 51.3 Å². The first-order valence-corrected chi connectivity index (χ1v) is 12.7. The molecule has 0 bridgehead atoms. The topological polar surface area (TPSA) is 146 Å². The van der Waals surface area contributed by atoms with E-state index < -0.39 is 31.7 Å². The van der Waals surface area contributed by atoms with E-state index in [1.807, 2.05) is 6.07 Å². The highest BCUT2D eigenvalue weighted by atomic mass is 35.5. The Hall–Kier alpha value is -3.10. The number of hydrogen-bond acceptors (Lipinski definition) is 8. The molecule has 0 spiro atoms. The predicted molar refractivity (Wildman–Crippen MR) is 128 cm³/mol. The molecule has 2 aromatic rings. The molecule has 0 unspecified atom stereocenters. The first kappa shape index (κ1) is 24.0. The lowest BCUT2D eigenvalue weighted by Crippen LogP contribution is -2.49. The maximum Gasteiger partial charge on any atom is 0.276 e. The third kappa shape index (κ3) is 4.01. The Labute approximate surface area is 201 Å². The molecule has 178 valence electrons. The first-order chi connectivity index (χ1) is 16.0. The smallest absolute Gasteiger partial charge is 0.276 e. The minimum absolute atomic E-state index is 0.00435. The lowest BCUT2D eigenvalue weighted by atomic mass is 9.93. The number of amidine groups is 1. The molecule has 0 aliphatic carbocycles. The highest BCUT2D eigenvalue weighted by molar-refractivity contribution is 7.95. The van der Waals surface area contributed by atoms with Crippen LogP contribution in [0, 0.1) is 17.1 Å². The van der Waals surface area contributed by atoms with E-state index in [1.54, 1.807) is 13.8 Å². The van der Waals surface area contributed by atoms with Gasteiger partial charge in [0.2, 0.25) is 0 Å². The second-order valence-corrected chi connectivity index (χ2v) is 12.0. The van der Waals surface area contributed by atoms with Gasteiger partial charge in [0.25, 0.3) is 5.91 Å². The summed E-state index contributed by atoms with van der Waals surface area (Å²) in [5.74, 6) is -0.875. The number of nitriles is 1. The molecule has 3 atom stereocenters. The van der Waals surface area contributed by atoms with Crippen LogP contribution in [0.5, 0.6) is 0 Å². The van der Waals surface area contributed by atoms with E-state index in [4.69, 9.17) is 22.6 Å². The number of pyridine rings is 2. The molecular weight excluding hydrogens is 481 g/mol. The highest BCUT2D eigenvalue weighted by Gasteiger charge is 2.47. The Morgan fingerprint density at radius 2 is 2.12 bits per heavy atom. The van der Waals surface area contributed by atoms with Crippen LogP contribution in [0.25, 0.3) is 0 Å². The van der Waals surface area contributed by atoms with Gasteiger partial charge in [-0.25, -0.2) is 22.9 Å². The number of halogens is 2. The number of amides is 1. The van der Waals surface area contributed by atoms with E-state index >= 15 is 0 Å². The van der Waals surface area contributed by atoms with Crippen molar-refractivity contribution in [2.75, 3.05) is 17.6 Å². The lowest BCUT2D eigenvalue weighted by molar-refractivity contribution is 0.102. The Bertz CT molecular complexity index is 1380. The summed E-state index contributed by atoms with van der Waals surface area (Å²) < 4.78 is 32.2. The molecule has 0 radical (unpaired) electrons. The summed E-state index contributed by atoms with van der Waals surface area (Å²) in [6, 6.07) is 5.69. The fourth-order valence-electron chi connectivity index (χ4n) is 4.19. The van der Waals surface area contributed by atoms with Crippen molar-refractivity contribution in [3.8, 4) is 6.07 Å². The summed E-state index contributed by atoms with van der Waals surface area (Å²) in [6.45, 7) is 3.98. The van der Waals surface area contributed by atoms with Crippen molar-refractivity contribution in [3.63, 3.8) is 0 Å². The Morgan fingerprint density at radius 1 is 1.35 bits per heavy atom. The van der Waals surface area contributed by atoms with E-state index in [-0.39, 0.29) is 45.8 Å². The van der Waals surface area contributed by atoms with Crippen LogP contribution < -0.4 is 11.1 Å². The molecule has 0 saturated heterocycles. The van der Waals surface area contributed by atoms with Crippen LogP contribution in [0.3, 0.4) is 0 Å². The van der Waals surface area contributed by atoms with Gasteiger partial charge in [-0.2, -0.15) is 5.26 Å². The number of anilines is 1. The van der Waals surface area contributed by atoms with Gasteiger partial charge < -0.3 is 11.1 Å². The average molecular weight is 504 g/mol. The number of carbonyl (C=O) groups excluding carboxylic acids is 1. The van der Waals surface area contributed by atoms with E-state index in [1.165, 1.54) is 24.4 Å². The maximum absolute atomic E-state index is 15.0. The molecule has 9 nitrogen and oxygen atoms in total. The van der Waals surface area contributed by atoms with Gasteiger partial charge >= 0.3 is 0 Å². The van der Waals surface area contributed by atoms with Gasteiger partial charge in [0, 0.05) is 18.5 Å². The molecule has 2 aliphatic rings. The third-order valence-corrected chi connectivity index (χ3v) is 9.84. The average Bonchev–Trinajstić information content (AvgIpc) is 2.88. The number of aromatic nitrogens is 2. The van der Waals surface area contributed by atoms with Crippen molar-refractivity contribution >= 4 is 38.9 Å². The Morgan fingerprint density at radius 3 is 2.82 bits per heavy atom. The van der Waals surface area contributed by atoms with Crippen LogP contribution in [0.1, 0.15) is 54.9 Å². The zero-order chi connectivity index (χ0) is 24.7. The molecule has 0 saturated carbocycles. The third-order valence-electron chi connectivity index (χ3n) is 6.37. The number of fused-ring (bicyclic) bond motifs is 1. The minimum Gasteiger partial charge on any atom is -0.386 e. The second kappa shape index (κ2) is 8.60. The summed E-state index contributed by atoms with van der Waals surface area (Å²) >= 11 is 6.07. The van der Waals surface area contributed by atoms with Crippen molar-refractivity contribution < 1.29 is 13.4 Å². The van der Waals surface area contributed by atoms with Gasteiger partial charge in [-0.15, -0.1) is 0 Å². The second-order valence-electron chi connectivity index (χ2n) is 8.70. The van der Waals surface area contributed by atoms with Crippen molar-refractivity contribution in [3.05, 3.63) is 52.2 Å².